The van der Waals surface area contributed by atoms with Crippen LogP contribution >= 0.6 is 11.3 Å². The van der Waals surface area contributed by atoms with Crippen molar-refractivity contribution in [2.75, 3.05) is 6.61 Å². The molecule has 0 atom stereocenters. The summed E-state index contributed by atoms with van der Waals surface area (Å²) in [5, 5.41) is 1.81. The van der Waals surface area contributed by atoms with Gasteiger partial charge in [-0.1, -0.05) is 45.6 Å². The summed E-state index contributed by atoms with van der Waals surface area (Å²) in [4.78, 5) is 12.6. The van der Waals surface area contributed by atoms with Crippen molar-refractivity contribution in [3.05, 3.63) is 56.8 Å². The first kappa shape index (κ1) is 18.7. The van der Waals surface area contributed by atoms with E-state index in [4.69, 9.17) is 4.74 Å². The lowest BCUT2D eigenvalue weighted by atomic mass is 9.63. The first-order chi connectivity index (χ1) is 12.2. The van der Waals surface area contributed by atoms with Crippen LogP contribution in [0.1, 0.15) is 79.4 Å². The zero-order chi connectivity index (χ0) is 18.9. The molecule has 136 valence electrons. The van der Waals surface area contributed by atoms with Crippen molar-refractivity contribution in [1.29, 1.82) is 0 Å². The Balaban J connectivity index is 1.89. The van der Waals surface area contributed by atoms with Gasteiger partial charge in [0.05, 0.1) is 17.0 Å². The maximum absolute atomic E-state index is 11.8. The molecule has 0 fully saturated rings. The monoisotopic (exact) mass is 366 g/mol. The number of carbonyl (C=O) groups excluding carboxylic acids is 1. The van der Waals surface area contributed by atoms with E-state index in [1.807, 2.05) is 6.92 Å². The summed E-state index contributed by atoms with van der Waals surface area (Å²) >= 11 is 1.48. The molecule has 2 aromatic rings. The van der Waals surface area contributed by atoms with Crippen molar-refractivity contribution >= 4 is 17.3 Å². The summed E-state index contributed by atoms with van der Waals surface area (Å²) in [7, 11) is 0. The fraction of sp³-hybridized carbons (Fsp3) is 0.435. The topological polar surface area (TPSA) is 26.3 Å². The van der Waals surface area contributed by atoms with Crippen molar-refractivity contribution in [2.45, 2.75) is 58.3 Å². The molecule has 0 saturated carbocycles. The van der Waals surface area contributed by atoms with Gasteiger partial charge in [-0.15, -0.1) is 11.3 Å². The van der Waals surface area contributed by atoms with Crippen LogP contribution in [0.5, 0.6) is 0 Å². The Bertz CT molecular complexity index is 890. The molecule has 0 spiro atoms. The lowest BCUT2D eigenvalue weighted by molar-refractivity contribution is 0.0527. The molecule has 0 aliphatic heterocycles. The third-order valence-corrected chi connectivity index (χ3v) is 6.14. The molecule has 0 bridgehead atoms. The van der Waals surface area contributed by atoms with Crippen LogP contribution in [0, 0.1) is 11.8 Å². The Morgan fingerprint density at radius 3 is 2.46 bits per heavy atom. The van der Waals surface area contributed by atoms with Crippen molar-refractivity contribution in [2.24, 2.45) is 0 Å². The van der Waals surface area contributed by atoms with Gasteiger partial charge in [0.2, 0.25) is 0 Å². The predicted molar refractivity (Wildman–Crippen MR) is 108 cm³/mol. The average Bonchev–Trinajstić information content (AvgIpc) is 3.07. The van der Waals surface area contributed by atoms with Gasteiger partial charge in [0, 0.05) is 10.9 Å². The van der Waals surface area contributed by atoms with Gasteiger partial charge in [0.1, 0.15) is 0 Å². The Morgan fingerprint density at radius 1 is 1.08 bits per heavy atom. The summed E-state index contributed by atoms with van der Waals surface area (Å²) < 4.78 is 5.03. The number of esters is 1. The highest BCUT2D eigenvalue weighted by molar-refractivity contribution is 7.10. The normalized spacial score (nSPS) is 17.0. The van der Waals surface area contributed by atoms with Gasteiger partial charge >= 0.3 is 5.97 Å². The van der Waals surface area contributed by atoms with Crippen molar-refractivity contribution < 1.29 is 9.53 Å². The summed E-state index contributed by atoms with van der Waals surface area (Å²) in [6, 6.07) is 8.43. The van der Waals surface area contributed by atoms with Gasteiger partial charge in [0.25, 0.3) is 0 Å². The van der Waals surface area contributed by atoms with Crippen LogP contribution in [-0.2, 0) is 15.6 Å². The largest absolute Gasteiger partial charge is 0.462 e. The SMILES string of the molecule is CCOC(=O)c1csc(C#Cc2ccc3c(c2)C(C)(C)CCC3(C)C)c1. The van der Waals surface area contributed by atoms with E-state index in [2.05, 4.69) is 57.7 Å². The highest BCUT2D eigenvalue weighted by atomic mass is 32.1. The van der Waals surface area contributed by atoms with E-state index in [1.165, 1.54) is 35.3 Å². The standard InChI is InChI=1S/C23H26O2S/c1-6-25-21(24)17-14-18(26-15-17)9-7-16-8-10-19-20(13-16)23(4,5)12-11-22(19,2)3/h8,10,13-15H,6,11-12H2,1-5H3. The average molecular weight is 367 g/mol. The second-order valence-corrected chi connectivity index (χ2v) is 9.11. The third kappa shape index (κ3) is 3.71. The third-order valence-electron chi connectivity index (χ3n) is 5.29. The zero-order valence-electron chi connectivity index (χ0n) is 16.2. The maximum atomic E-state index is 11.8. The summed E-state index contributed by atoms with van der Waals surface area (Å²) in [5.41, 5.74) is 4.87. The minimum absolute atomic E-state index is 0.183. The number of benzene rings is 1. The minimum atomic E-state index is -0.283. The van der Waals surface area contributed by atoms with E-state index in [9.17, 15) is 4.79 Å². The molecular formula is C23H26O2S. The molecule has 0 radical (unpaired) electrons. The molecule has 3 rings (SSSR count). The minimum Gasteiger partial charge on any atom is -0.462 e. The fourth-order valence-corrected chi connectivity index (χ4v) is 4.25. The van der Waals surface area contributed by atoms with E-state index >= 15 is 0 Å². The molecular weight excluding hydrogens is 340 g/mol. The second-order valence-electron chi connectivity index (χ2n) is 8.20. The number of fused-ring (bicyclic) bond motifs is 1. The molecule has 1 aromatic heterocycles. The highest BCUT2D eigenvalue weighted by Crippen LogP contribution is 2.45. The number of carbonyl (C=O) groups is 1. The number of hydrogen-bond acceptors (Lipinski definition) is 3. The van der Waals surface area contributed by atoms with E-state index < -0.39 is 0 Å². The zero-order valence-corrected chi connectivity index (χ0v) is 17.0. The molecule has 26 heavy (non-hydrogen) atoms. The van der Waals surface area contributed by atoms with Crippen molar-refractivity contribution in [3.63, 3.8) is 0 Å². The molecule has 2 nitrogen and oxygen atoms in total. The van der Waals surface area contributed by atoms with Crippen LogP contribution in [0.25, 0.3) is 0 Å². The molecule has 0 N–H and O–H groups in total. The van der Waals surface area contributed by atoms with E-state index in [1.54, 1.807) is 11.4 Å². The van der Waals surface area contributed by atoms with Crippen molar-refractivity contribution in [3.8, 4) is 11.8 Å². The van der Waals surface area contributed by atoms with Crippen molar-refractivity contribution in [1.82, 2.24) is 0 Å². The Kier molecular flexibility index (Phi) is 4.99. The number of thiophene rings is 1. The maximum Gasteiger partial charge on any atom is 0.339 e. The van der Waals surface area contributed by atoms with Gasteiger partial charge in [-0.05, 0) is 59.9 Å². The molecule has 3 heteroatoms. The van der Waals surface area contributed by atoms with Crippen LogP contribution in [0.4, 0.5) is 0 Å². The number of rotatable bonds is 2. The molecule has 0 amide bonds. The molecule has 0 unspecified atom stereocenters. The van der Waals surface area contributed by atoms with Crippen LogP contribution in [0.3, 0.4) is 0 Å². The van der Waals surface area contributed by atoms with E-state index in [-0.39, 0.29) is 16.8 Å². The van der Waals surface area contributed by atoms with Crippen LogP contribution in [-0.4, -0.2) is 12.6 Å². The number of hydrogen-bond donors (Lipinski definition) is 0. The first-order valence-corrected chi connectivity index (χ1v) is 10.0. The molecule has 1 aliphatic carbocycles. The first-order valence-electron chi connectivity index (χ1n) is 9.16. The van der Waals surface area contributed by atoms with Gasteiger partial charge in [-0.3, -0.25) is 0 Å². The Morgan fingerprint density at radius 2 is 1.77 bits per heavy atom. The highest BCUT2D eigenvalue weighted by Gasteiger charge is 2.36. The van der Waals surface area contributed by atoms with E-state index in [0.717, 1.165) is 10.4 Å². The van der Waals surface area contributed by atoms with Crippen LogP contribution in [0.2, 0.25) is 0 Å². The molecule has 0 saturated heterocycles. The van der Waals surface area contributed by atoms with Crippen LogP contribution in [0.15, 0.2) is 29.6 Å². The molecule has 1 heterocycles. The van der Waals surface area contributed by atoms with E-state index in [0.29, 0.717) is 12.2 Å². The fourth-order valence-electron chi connectivity index (χ4n) is 3.52. The van der Waals surface area contributed by atoms with Gasteiger partial charge < -0.3 is 4.74 Å². The summed E-state index contributed by atoms with van der Waals surface area (Å²) in [6.45, 7) is 11.5. The lowest BCUT2D eigenvalue weighted by Gasteiger charge is -2.41. The smallest absolute Gasteiger partial charge is 0.339 e. The Hall–Kier alpha value is -2.05. The van der Waals surface area contributed by atoms with Gasteiger partial charge in [-0.2, -0.15) is 0 Å². The lowest BCUT2D eigenvalue weighted by Crippen LogP contribution is -2.33. The summed E-state index contributed by atoms with van der Waals surface area (Å²) in [6.07, 6.45) is 2.40. The van der Waals surface area contributed by atoms with Gasteiger partial charge in [-0.25, -0.2) is 4.79 Å². The second kappa shape index (κ2) is 6.93. The predicted octanol–water partition coefficient (Wildman–Crippen LogP) is 5.67. The Labute approximate surface area is 160 Å². The number of ether oxygens (including phenoxy) is 1. The summed E-state index contributed by atoms with van der Waals surface area (Å²) in [5.74, 6) is 6.18. The quantitative estimate of drug-likeness (QED) is 0.505. The molecule has 1 aliphatic rings. The van der Waals surface area contributed by atoms with Gasteiger partial charge in [0.15, 0.2) is 0 Å². The van der Waals surface area contributed by atoms with Crippen LogP contribution < -0.4 is 0 Å². The molecule has 1 aromatic carbocycles.